The minimum Gasteiger partial charge on any atom is -0.481 e. The van der Waals surface area contributed by atoms with Crippen molar-refractivity contribution in [3.05, 3.63) is 59.7 Å². The second kappa shape index (κ2) is 7.24. The van der Waals surface area contributed by atoms with Gasteiger partial charge in [0.05, 0.1) is 11.8 Å². The molecule has 29 heavy (non-hydrogen) atoms. The number of hydrogen-bond donors (Lipinski definition) is 2. The molecule has 0 saturated carbocycles. The zero-order valence-corrected chi connectivity index (χ0v) is 15.8. The Morgan fingerprint density at radius 2 is 1.52 bits per heavy atom. The highest BCUT2D eigenvalue weighted by Gasteiger charge is 2.49. The number of aliphatic carboxylic acids is 2. The molecule has 2 aliphatic rings. The van der Waals surface area contributed by atoms with Crippen molar-refractivity contribution in [2.24, 2.45) is 11.8 Å². The van der Waals surface area contributed by atoms with Crippen LogP contribution in [0.1, 0.15) is 24.0 Å². The van der Waals surface area contributed by atoms with Crippen LogP contribution in [-0.2, 0) is 14.3 Å². The third-order valence-corrected chi connectivity index (χ3v) is 6.01. The second-order valence-electron chi connectivity index (χ2n) is 7.51. The van der Waals surface area contributed by atoms with E-state index in [1.165, 1.54) is 4.90 Å². The molecule has 1 aliphatic carbocycles. The Morgan fingerprint density at radius 3 is 2.00 bits per heavy atom. The van der Waals surface area contributed by atoms with E-state index in [-0.39, 0.29) is 19.1 Å². The van der Waals surface area contributed by atoms with Gasteiger partial charge in [0.25, 0.3) is 0 Å². The zero-order chi connectivity index (χ0) is 20.7. The van der Waals surface area contributed by atoms with Crippen LogP contribution in [0.5, 0.6) is 0 Å². The van der Waals surface area contributed by atoms with E-state index in [4.69, 9.17) is 4.74 Å². The highest BCUT2D eigenvalue weighted by atomic mass is 16.6. The normalized spacial score (nSPS) is 22.8. The molecule has 1 aliphatic heterocycles. The number of ether oxygens (including phenoxy) is 1. The van der Waals surface area contributed by atoms with Gasteiger partial charge >= 0.3 is 18.0 Å². The largest absolute Gasteiger partial charge is 0.481 e. The van der Waals surface area contributed by atoms with Gasteiger partial charge < -0.3 is 19.8 Å². The summed E-state index contributed by atoms with van der Waals surface area (Å²) in [6.07, 6.45) is -0.686. The number of carbonyl (C=O) groups excluding carboxylic acids is 1. The van der Waals surface area contributed by atoms with Crippen molar-refractivity contribution in [3.63, 3.8) is 0 Å². The van der Waals surface area contributed by atoms with Crippen molar-refractivity contribution in [1.29, 1.82) is 0 Å². The summed E-state index contributed by atoms with van der Waals surface area (Å²) in [4.78, 5) is 36.8. The van der Waals surface area contributed by atoms with Gasteiger partial charge in [-0.25, -0.2) is 4.79 Å². The number of nitrogens with zero attached hydrogens (tertiary/aromatic N) is 1. The van der Waals surface area contributed by atoms with Gasteiger partial charge in [0.2, 0.25) is 0 Å². The smallest absolute Gasteiger partial charge is 0.410 e. The lowest BCUT2D eigenvalue weighted by molar-refractivity contribution is -0.152. The molecule has 0 bridgehead atoms. The lowest BCUT2D eigenvalue weighted by atomic mass is 9.91. The molecular weight excluding hydrogens is 374 g/mol. The SMILES string of the molecule is C[C@@H]1[C@@H](C(=O)O)C(C(=O)O)CN1C(=O)OCC1c2ccccc2-c2ccccc21. The predicted molar refractivity (Wildman–Crippen MR) is 103 cm³/mol. The van der Waals surface area contributed by atoms with E-state index in [9.17, 15) is 24.6 Å². The Morgan fingerprint density at radius 1 is 0.966 bits per heavy atom. The summed E-state index contributed by atoms with van der Waals surface area (Å²) in [5.74, 6) is -4.87. The molecule has 7 heteroatoms. The molecule has 0 spiro atoms. The summed E-state index contributed by atoms with van der Waals surface area (Å²) in [6.45, 7) is 1.47. The van der Waals surface area contributed by atoms with Crippen molar-refractivity contribution in [3.8, 4) is 11.1 Å². The lowest BCUT2D eigenvalue weighted by Crippen LogP contribution is -2.38. The summed E-state index contributed by atoms with van der Waals surface area (Å²) >= 11 is 0. The van der Waals surface area contributed by atoms with Gasteiger partial charge in [0.15, 0.2) is 0 Å². The fraction of sp³-hybridized carbons (Fsp3) is 0.318. The van der Waals surface area contributed by atoms with Crippen LogP contribution >= 0.6 is 0 Å². The minimum absolute atomic E-state index is 0.103. The Hall–Kier alpha value is -3.35. The standard InChI is InChI=1S/C22H21NO6/c1-12-19(21(26)27)17(20(24)25)10-23(12)22(28)29-11-18-15-8-4-2-6-13(15)14-7-3-5-9-16(14)18/h2-9,12,17-19H,10-11H2,1H3,(H,24,25)(H,26,27)/t12-,17?,19-/m1/s1. The first-order chi connectivity index (χ1) is 13.9. The number of hydrogen-bond acceptors (Lipinski definition) is 4. The molecule has 3 atom stereocenters. The maximum atomic E-state index is 12.7. The highest BCUT2D eigenvalue weighted by molar-refractivity contribution is 5.84. The number of fused-ring (bicyclic) bond motifs is 3. The average molecular weight is 395 g/mol. The van der Waals surface area contributed by atoms with Gasteiger partial charge in [-0.15, -0.1) is 0 Å². The molecule has 1 unspecified atom stereocenters. The molecule has 0 aromatic heterocycles. The maximum Gasteiger partial charge on any atom is 0.410 e. The molecule has 2 aromatic carbocycles. The predicted octanol–water partition coefficient (Wildman–Crippen LogP) is 3.04. The van der Waals surface area contributed by atoms with Gasteiger partial charge in [-0.3, -0.25) is 9.59 Å². The van der Waals surface area contributed by atoms with E-state index in [2.05, 4.69) is 0 Å². The van der Waals surface area contributed by atoms with Crippen molar-refractivity contribution < 1.29 is 29.3 Å². The summed E-state index contributed by atoms with van der Waals surface area (Å²) in [5.41, 5.74) is 4.36. The molecule has 1 fully saturated rings. The van der Waals surface area contributed by atoms with Gasteiger partial charge in [-0.05, 0) is 29.2 Å². The first-order valence-corrected chi connectivity index (χ1v) is 9.47. The van der Waals surface area contributed by atoms with Crippen LogP contribution in [0.3, 0.4) is 0 Å². The Balaban J connectivity index is 1.52. The molecule has 4 rings (SSSR count). The van der Waals surface area contributed by atoms with Gasteiger partial charge in [0, 0.05) is 18.5 Å². The fourth-order valence-corrected chi connectivity index (χ4v) is 4.55. The van der Waals surface area contributed by atoms with Crippen molar-refractivity contribution in [1.82, 2.24) is 4.90 Å². The van der Waals surface area contributed by atoms with Crippen LogP contribution in [0.2, 0.25) is 0 Å². The summed E-state index contributed by atoms with van der Waals surface area (Å²) in [6, 6.07) is 15.1. The van der Waals surface area contributed by atoms with E-state index in [0.29, 0.717) is 0 Å². The van der Waals surface area contributed by atoms with Crippen LogP contribution in [0.25, 0.3) is 11.1 Å². The number of benzene rings is 2. The van der Waals surface area contributed by atoms with Gasteiger partial charge in [-0.1, -0.05) is 48.5 Å². The fourth-order valence-electron chi connectivity index (χ4n) is 4.55. The molecule has 7 nitrogen and oxygen atoms in total. The quantitative estimate of drug-likeness (QED) is 0.825. The van der Waals surface area contributed by atoms with E-state index < -0.39 is 35.9 Å². The summed E-state index contributed by atoms with van der Waals surface area (Å²) in [5, 5.41) is 18.7. The minimum atomic E-state index is -1.22. The van der Waals surface area contributed by atoms with Crippen LogP contribution in [0.15, 0.2) is 48.5 Å². The Kier molecular flexibility index (Phi) is 4.74. The zero-order valence-electron chi connectivity index (χ0n) is 15.8. The number of carboxylic acids is 2. The van der Waals surface area contributed by atoms with Crippen LogP contribution in [-0.4, -0.2) is 52.3 Å². The molecule has 2 aromatic rings. The number of likely N-dealkylation sites (tertiary alicyclic amines) is 1. The van der Waals surface area contributed by atoms with Crippen LogP contribution in [0, 0.1) is 11.8 Å². The van der Waals surface area contributed by atoms with Crippen LogP contribution < -0.4 is 0 Å². The van der Waals surface area contributed by atoms with Crippen LogP contribution in [0.4, 0.5) is 4.79 Å². The Labute approximate surface area is 167 Å². The molecule has 150 valence electrons. The lowest BCUT2D eigenvalue weighted by Gasteiger charge is -2.23. The molecule has 1 saturated heterocycles. The van der Waals surface area contributed by atoms with Gasteiger partial charge in [0.1, 0.15) is 6.61 Å². The van der Waals surface area contributed by atoms with Crippen molar-refractivity contribution >= 4 is 18.0 Å². The molecule has 0 radical (unpaired) electrons. The highest BCUT2D eigenvalue weighted by Crippen LogP contribution is 2.44. The second-order valence-corrected chi connectivity index (χ2v) is 7.51. The van der Waals surface area contributed by atoms with Crippen molar-refractivity contribution in [2.75, 3.05) is 13.2 Å². The first kappa shape index (κ1) is 19.0. The number of carboxylic acid groups (broad SMARTS) is 2. The van der Waals surface area contributed by atoms with Gasteiger partial charge in [-0.2, -0.15) is 0 Å². The Bertz CT molecular complexity index is 941. The summed E-state index contributed by atoms with van der Waals surface area (Å²) < 4.78 is 5.55. The topological polar surface area (TPSA) is 104 Å². The van der Waals surface area contributed by atoms with E-state index in [1.54, 1.807) is 6.92 Å². The third kappa shape index (κ3) is 3.12. The van der Waals surface area contributed by atoms with Crippen molar-refractivity contribution in [2.45, 2.75) is 18.9 Å². The molecule has 1 heterocycles. The number of rotatable bonds is 4. The molecule has 2 N–H and O–H groups in total. The monoisotopic (exact) mass is 395 g/mol. The van der Waals surface area contributed by atoms with E-state index in [1.807, 2.05) is 48.5 Å². The maximum absolute atomic E-state index is 12.7. The average Bonchev–Trinajstić information content (AvgIpc) is 3.22. The number of amides is 1. The molecule has 1 amide bonds. The summed E-state index contributed by atoms with van der Waals surface area (Å²) in [7, 11) is 0. The first-order valence-electron chi connectivity index (χ1n) is 9.47. The molecular formula is C22H21NO6. The van der Waals surface area contributed by atoms with E-state index >= 15 is 0 Å². The number of carbonyl (C=O) groups is 3. The van der Waals surface area contributed by atoms with E-state index in [0.717, 1.165) is 22.3 Å². The third-order valence-electron chi connectivity index (χ3n) is 6.01.